The predicted molar refractivity (Wildman–Crippen MR) is 99.6 cm³/mol. The third kappa shape index (κ3) is 5.04. The summed E-state index contributed by atoms with van der Waals surface area (Å²) in [5, 5.41) is 3.90. The average molecular weight is 330 g/mol. The molecule has 0 saturated carbocycles. The Morgan fingerprint density at radius 3 is 2.12 bits per heavy atom. The van der Waals surface area contributed by atoms with E-state index in [0.29, 0.717) is 5.75 Å². The van der Waals surface area contributed by atoms with Crippen LogP contribution >= 0.6 is 0 Å². The minimum absolute atomic E-state index is 0.0865. The van der Waals surface area contributed by atoms with Crippen LogP contribution in [-0.4, -0.2) is 18.7 Å². The van der Waals surface area contributed by atoms with Crippen LogP contribution in [-0.2, 0) is 4.79 Å². The Balaban J connectivity index is 1.48. The summed E-state index contributed by atoms with van der Waals surface area (Å²) >= 11 is 0. The van der Waals surface area contributed by atoms with Gasteiger partial charge in [-0.25, -0.2) is 5.43 Å². The summed E-state index contributed by atoms with van der Waals surface area (Å²) in [6.07, 6.45) is 1.59. The highest BCUT2D eigenvalue weighted by molar-refractivity contribution is 5.82. The van der Waals surface area contributed by atoms with E-state index >= 15 is 0 Å². The monoisotopic (exact) mass is 330 g/mol. The predicted octanol–water partition coefficient (Wildman–Crippen LogP) is 3.88. The van der Waals surface area contributed by atoms with Crippen LogP contribution in [0, 0.1) is 0 Å². The van der Waals surface area contributed by atoms with Crippen molar-refractivity contribution in [3.63, 3.8) is 0 Å². The van der Waals surface area contributed by atoms with Gasteiger partial charge in [-0.2, -0.15) is 5.10 Å². The molecule has 0 unspecified atom stereocenters. The molecule has 4 nitrogen and oxygen atoms in total. The number of nitrogens with zero attached hydrogens (tertiary/aromatic N) is 1. The molecule has 1 N–H and O–H groups in total. The molecule has 25 heavy (non-hydrogen) atoms. The molecular weight excluding hydrogens is 312 g/mol. The van der Waals surface area contributed by atoms with Gasteiger partial charge in [0.1, 0.15) is 5.75 Å². The van der Waals surface area contributed by atoms with Crippen LogP contribution in [0.3, 0.4) is 0 Å². The van der Waals surface area contributed by atoms with Gasteiger partial charge in [0.15, 0.2) is 6.61 Å². The molecule has 0 heterocycles. The number of hydrogen-bond donors (Lipinski definition) is 1. The van der Waals surface area contributed by atoms with Crippen molar-refractivity contribution in [2.75, 3.05) is 6.61 Å². The molecule has 4 heteroatoms. The van der Waals surface area contributed by atoms with E-state index in [1.165, 1.54) is 0 Å². The molecule has 0 aliphatic rings. The highest BCUT2D eigenvalue weighted by Crippen LogP contribution is 2.21. The smallest absolute Gasteiger partial charge is 0.277 e. The first-order valence-electron chi connectivity index (χ1n) is 7.96. The second kappa shape index (κ2) is 8.45. The standard InChI is InChI=1S/C21H18N2O2/c24-21(23-22-15-17-7-3-1-4-8-17)16-25-20-13-11-19(12-14-20)18-9-5-2-6-10-18/h1-15H,16H2,(H,23,24)/b22-15-. The summed E-state index contributed by atoms with van der Waals surface area (Å²) in [6, 6.07) is 27.3. The van der Waals surface area contributed by atoms with Crippen molar-refractivity contribution in [3.8, 4) is 16.9 Å². The van der Waals surface area contributed by atoms with Crippen molar-refractivity contribution in [1.29, 1.82) is 0 Å². The molecule has 0 bridgehead atoms. The first-order chi connectivity index (χ1) is 12.3. The molecule has 3 aromatic carbocycles. The van der Waals surface area contributed by atoms with Crippen molar-refractivity contribution >= 4 is 12.1 Å². The fourth-order valence-electron chi connectivity index (χ4n) is 2.27. The average Bonchev–Trinajstić information content (AvgIpc) is 2.68. The molecule has 0 saturated heterocycles. The van der Waals surface area contributed by atoms with Crippen LogP contribution in [0.15, 0.2) is 90.0 Å². The molecule has 1 amide bonds. The molecule has 0 fully saturated rings. The van der Waals surface area contributed by atoms with Crippen molar-refractivity contribution in [2.24, 2.45) is 5.10 Å². The minimum atomic E-state index is -0.306. The molecule has 0 spiro atoms. The number of nitrogens with one attached hydrogen (secondary N) is 1. The lowest BCUT2D eigenvalue weighted by Gasteiger charge is -2.06. The summed E-state index contributed by atoms with van der Waals surface area (Å²) in [5.41, 5.74) is 5.60. The fraction of sp³-hybridized carbons (Fsp3) is 0.0476. The zero-order valence-corrected chi connectivity index (χ0v) is 13.6. The number of hydrazone groups is 1. The molecule has 0 aliphatic carbocycles. The summed E-state index contributed by atoms with van der Waals surface area (Å²) in [7, 11) is 0. The van der Waals surface area contributed by atoms with Crippen molar-refractivity contribution < 1.29 is 9.53 Å². The maximum atomic E-state index is 11.7. The number of carbonyl (C=O) groups excluding carboxylic acids is 1. The van der Waals surface area contributed by atoms with Crippen molar-refractivity contribution in [3.05, 3.63) is 90.5 Å². The molecule has 3 rings (SSSR count). The van der Waals surface area contributed by atoms with E-state index in [1.807, 2.05) is 84.9 Å². The number of carbonyl (C=O) groups is 1. The lowest BCUT2D eigenvalue weighted by Crippen LogP contribution is -2.24. The first-order valence-corrected chi connectivity index (χ1v) is 7.96. The summed E-state index contributed by atoms with van der Waals surface area (Å²) in [4.78, 5) is 11.7. The second-order valence-corrected chi connectivity index (χ2v) is 5.38. The Bertz CT molecular complexity index is 829. The summed E-state index contributed by atoms with van der Waals surface area (Å²) < 4.78 is 5.48. The Kier molecular flexibility index (Phi) is 5.56. The minimum Gasteiger partial charge on any atom is -0.484 e. The van der Waals surface area contributed by atoms with Crippen LogP contribution in [0.25, 0.3) is 11.1 Å². The number of ether oxygens (including phenoxy) is 1. The maximum Gasteiger partial charge on any atom is 0.277 e. The second-order valence-electron chi connectivity index (χ2n) is 5.38. The molecule has 0 radical (unpaired) electrons. The number of rotatable bonds is 6. The van der Waals surface area contributed by atoms with Crippen LogP contribution in [0.5, 0.6) is 5.75 Å². The third-order valence-corrected chi connectivity index (χ3v) is 3.53. The van der Waals surface area contributed by atoms with Gasteiger partial charge in [0.2, 0.25) is 0 Å². The van der Waals surface area contributed by atoms with Crippen LogP contribution in [0.4, 0.5) is 0 Å². The van der Waals surface area contributed by atoms with E-state index in [1.54, 1.807) is 6.21 Å². The van der Waals surface area contributed by atoms with E-state index in [4.69, 9.17) is 4.74 Å². The quantitative estimate of drug-likeness (QED) is 0.551. The fourth-order valence-corrected chi connectivity index (χ4v) is 2.27. The Labute approximate surface area is 146 Å². The number of amides is 1. The van der Waals surface area contributed by atoms with E-state index in [0.717, 1.165) is 16.7 Å². The zero-order valence-electron chi connectivity index (χ0n) is 13.6. The molecule has 3 aromatic rings. The normalized spacial score (nSPS) is 10.6. The van der Waals surface area contributed by atoms with Crippen LogP contribution in [0.1, 0.15) is 5.56 Å². The highest BCUT2D eigenvalue weighted by atomic mass is 16.5. The molecule has 124 valence electrons. The lowest BCUT2D eigenvalue weighted by molar-refractivity contribution is -0.123. The number of hydrogen-bond acceptors (Lipinski definition) is 3. The Morgan fingerprint density at radius 1 is 0.840 bits per heavy atom. The SMILES string of the molecule is O=C(COc1ccc(-c2ccccc2)cc1)N/N=C\c1ccccc1. The van der Waals surface area contributed by atoms with Gasteiger partial charge in [-0.15, -0.1) is 0 Å². The van der Waals surface area contributed by atoms with E-state index < -0.39 is 0 Å². The van der Waals surface area contributed by atoms with Gasteiger partial charge in [0.25, 0.3) is 5.91 Å². The zero-order chi connectivity index (χ0) is 17.3. The maximum absolute atomic E-state index is 11.7. The summed E-state index contributed by atoms with van der Waals surface area (Å²) in [6.45, 7) is -0.0865. The van der Waals surface area contributed by atoms with Crippen LogP contribution < -0.4 is 10.2 Å². The largest absolute Gasteiger partial charge is 0.484 e. The molecular formula is C21H18N2O2. The summed E-state index contributed by atoms with van der Waals surface area (Å²) in [5.74, 6) is 0.334. The van der Waals surface area contributed by atoms with Gasteiger partial charge in [0, 0.05) is 0 Å². The molecule has 0 aliphatic heterocycles. The van der Waals surface area contributed by atoms with Gasteiger partial charge in [-0.05, 0) is 28.8 Å². The van der Waals surface area contributed by atoms with Crippen molar-refractivity contribution in [1.82, 2.24) is 5.43 Å². The van der Waals surface area contributed by atoms with Crippen LogP contribution in [0.2, 0.25) is 0 Å². The van der Waals surface area contributed by atoms with Crippen molar-refractivity contribution in [2.45, 2.75) is 0 Å². The molecule has 0 aromatic heterocycles. The first kappa shape index (κ1) is 16.5. The van der Waals surface area contributed by atoms with Gasteiger partial charge in [-0.3, -0.25) is 4.79 Å². The van der Waals surface area contributed by atoms with Gasteiger partial charge < -0.3 is 4.74 Å². The third-order valence-electron chi connectivity index (χ3n) is 3.53. The Morgan fingerprint density at radius 2 is 1.44 bits per heavy atom. The van der Waals surface area contributed by atoms with Gasteiger partial charge >= 0.3 is 0 Å². The van der Waals surface area contributed by atoms with E-state index in [2.05, 4.69) is 10.5 Å². The van der Waals surface area contributed by atoms with E-state index in [9.17, 15) is 4.79 Å². The van der Waals surface area contributed by atoms with Gasteiger partial charge in [-0.1, -0.05) is 72.8 Å². The number of benzene rings is 3. The highest BCUT2D eigenvalue weighted by Gasteiger charge is 2.02. The van der Waals surface area contributed by atoms with E-state index in [-0.39, 0.29) is 12.5 Å². The molecule has 0 atom stereocenters. The van der Waals surface area contributed by atoms with Gasteiger partial charge in [0.05, 0.1) is 6.21 Å². The Hall–Kier alpha value is -3.40. The lowest BCUT2D eigenvalue weighted by atomic mass is 10.1. The topological polar surface area (TPSA) is 50.7 Å².